The summed E-state index contributed by atoms with van der Waals surface area (Å²) in [6, 6.07) is 20.1. The molecule has 0 radical (unpaired) electrons. The summed E-state index contributed by atoms with van der Waals surface area (Å²) in [7, 11) is 0. The largest absolute Gasteiger partial charge is 0.335 e. The van der Waals surface area contributed by atoms with Gasteiger partial charge >= 0.3 is 0 Å². The molecule has 0 bridgehead atoms. The molecule has 1 aliphatic rings. The zero-order chi connectivity index (χ0) is 21.0. The van der Waals surface area contributed by atoms with Crippen molar-refractivity contribution in [3.63, 3.8) is 0 Å². The Morgan fingerprint density at radius 2 is 1.65 bits per heavy atom. The van der Waals surface area contributed by atoms with Crippen molar-refractivity contribution in [2.75, 3.05) is 26.2 Å². The Hall–Kier alpha value is -3.29. The molecular weight excluding hydrogens is 406 g/mol. The van der Waals surface area contributed by atoms with Crippen molar-refractivity contribution >= 4 is 17.2 Å². The van der Waals surface area contributed by atoms with Crippen LogP contribution in [0.4, 0.5) is 0 Å². The van der Waals surface area contributed by atoms with Gasteiger partial charge in [0.05, 0.1) is 18.2 Å². The molecule has 1 fully saturated rings. The lowest BCUT2D eigenvalue weighted by Gasteiger charge is -2.34. The minimum Gasteiger partial charge on any atom is -0.335 e. The van der Waals surface area contributed by atoms with Crippen molar-refractivity contribution in [2.24, 2.45) is 0 Å². The van der Waals surface area contributed by atoms with Gasteiger partial charge in [-0.15, -0.1) is 11.3 Å². The Labute approximate surface area is 185 Å². The second-order valence-electron chi connectivity index (χ2n) is 7.56. The van der Waals surface area contributed by atoms with Crippen LogP contribution in [0.3, 0.4) is 0 Å². The normalized spacial score (nSPS) is 14.6. The number of benzene rings is 2. The maximum absolute atomic E-state index is 13.1. The van der Waals surface area contributed by atoms with E-state index in [4.69, 9.17) is 4.98 Å². The fourth-order valence-corrected chi connectivity index (χ4v) is 4.66. The van der Waals surface area contributed by atoms with E-state index in [0.29, 0.717) is 18.8 Å². The highest BCUT2D eigenvalue weighted by Crippen LogP contribution is 2.24. The van der Waals surface area contributed by atoms with Crippen LogP contribution in [0.1, 0.15) is 16.2 Å². The molecule has 0 atom stereocenters. The molecule has 0 N–H and O–H groups in total. The third-order valence-electron chi connectivity index (χ3n) is 5.51. The molecular formula is C24H23N5OS. The highest BCUT2D eigenvalue weighted by atomic mass is 32.1. The summed E-state index contributed by atoms with van der Waals surface area (Å²) in [6.45, 7) is 3.89. The maximum atomic E-state index is 13.1. The van der Waals surface area contributed by atoms with Crippen molar-refractivity contribution in [2.45, 2.75) is 6.54 Å². The molecule has 7 heteroatoms. The number of para-hydroxylation sites is 1. The number of amides is 1. The van der Waals surface area contributed by atoms with Gasteiger partial charge in [-0.2, -0.15) is 0 Å². The first kappa shape index (κ1) is 19.7. The van der Waals surface area contributed by atoms with Gasteiger partial charge in [0.2, 0.25) is 0 Å². The van der Waals surface area contributed by atoms with Crippen molar-refractivity contribution in [3.05, 3.63) is 90.0 Å². The van der Waals surface area contributed by atoms with E-state index in [0.717, 1.165) is 41.6 Å². The second kappa shape index (κ2) is 8.83. The lowest BCUT2D eigenvalue weighted by Crippen LogP contribution is -2.48. The number of nitrogens with zero attached hydrogens (tertiary/aromatic N) is 5. The Bertz CT molecular complexity index is 1150. The minimum atomic E-state index is 0.0287. The van der Waals surface area contributed by atoms with Crippen LogP contribution in [-0.4, -0.2) is 56.4 Å². The standard InChI is InChI=1S/C24H23N5OS/c30-24(22-15-25-18-29(22)21-9-5-2-6-10-21)28-13-11-27(12-14-28)16-20-17-31-23(26-20)19-7-3-1-4-8-19/h1-10,15,17-18H,11-14,16H2. The fraction of sp³-hybridized carbons (Fsp3) is 0.208. The lowest BCUT2D eigenvalue weighted by molar-refractivity contribution is 0.0619. The highest BCUT2D eigenvalue weighted by Gasteiger charge is 2.25. The van der Waals surface area contributed by atoms with Crippen LogP contribution in [0.2, 0.25) is 0 Å². The number of aromatic nitrogens is 3. The van der Waals surface area contributed by atoms with Gasteiger partial charge < -0.3 is 4.90 Å². The van der Waals surface area contributed by atoms with Crippen molar-refractivity contribution < 1.29 is 4.79 Å². The highest BCUT2D eigenvalue weighted by molar-refractivity contribution is 7.13. The van der Waals surface area contributed by atoms with E-state index in [1.807, 2.05) is 58.0 Å². The predicted octanol–water partition coefficient (Wildman–Crippen LogP) is 3.95. The van der Waals surface area contributed by atoms with E-state index >= 15 is 0 Å². The van der Waals surface area contributed by atoms with Gasteiger partial charge in [0.15, 0.2) is 0 Å². The number of rotatable bonds is 5. The number of hydrogen-bond acceptors (Lipinski definition) is 5. The van der Waals surface area contributed by atoms with Gasteiger partial charge in [-0.3, -0.25) is 14.3 Å². The molecule has 1 amide bonds. The van der Waals surface area contributed by atoms with Crippen LogP contribution in [0.15, 0.2) is 78.6 Å². The van der Waals surface area contributed by atoms with Gasteiger partial charge in [0.1, 0.15) is 10.7 Å². The quantitative estimate of drug-likeness (QED) is 0.482. The molecule has 0 spiro atoms. The minimum absolute atomic E-state index is 0.0287. The van der Waals surface area contributed by atoms with E-state index in [9.17, 15) is 4.79 Å². The second-order valence-corrected chi connectivity index (χ2v) is 8.42. The summed E-state index contributed by atoms with van der Waals surface area (Å²) < 4.78 is 1.86. The van der Waals surface area contributed by atoms with Crippen LogP contribution in [-0.2, 0) is 6.54 Å². The summed E-state index contributed by atoms with van der Waals surface area (Å²) in [6.07, 6.45) is 3.35. The molecule has 1 saturated heterocycles. The molecule has 156 valence electrons. The number of piperazine rings is 1. The smallest absolute Gasteiger partial charge is 0.272 e. The number of carbonyl (C=O) groups excluding carboxylic acids is 1. The van der Waals surface area contributed by atoms with Gasteiger partial charge in [0.25, 0.3) is 5.91 Å². The third-order valence-corrected chi connectivity index (χ3v) is 6.45. The fourth-order valence-electron chi connectivity index (χ4n) is 3.84. The van der Waals surface area contributed by atoms with E-state index in [1.54, 1.807) is 23.9 Å². The molecule has 5 rings (SSSR count). The van der Waals surface area contributed by atoms with Gasteiger partial charge in [0, 0.05) is 49.4 Å². The zero-order valence-electron chi connectivity index (χ0n) is 17.1. The number of hydrogen-bond donors (Lipinski definition) is 0. The average molecular weight is 430 g/mol. The molecule has 0 saturated carbocycles. The Kier molecular flexibility index (Phi) is 5.60. The maximum Gasteiger partial charge on any atom is 0.272 e. The van der Waals surface area contributed by atoms with E-state index in [2.05, 4.69) is 27.4 Å². The monoisotopic (exact) mass is 429 g/mol. The van der Waals surface area contributed by atoms with Crippen molar-refractivity contribution in [1.29, 1.82) is 0 Å². The third kappa shape index (κ3) is 4.28. The van der Waals surface area contributed by atoms with Gasteiger partial charge in [-0.1, -0.05) is 48.5 Å². The molecule has 31 heavy (non-hydrogen) atoms. The molecule has 1 aliphatic heterocycles. The summed E-state index contributed by atoms with van der Waals surface area (Å²) in [4.78, 5) is 26.4. The van der Waals surface area contributed by atoms with E-state index in [-0.39, 0.29) is 5.91 Å². The van der Waals surface area contributed by atoms with Crippen LogP contribution >= 0.6 is 11.3 Å². The average Bonchev–Trinajstić information content (AvgIpc) is 3.50. The summed E-state index contributed by atoms with van der Waals surface area (Å²) in [5, 5.41) is 3.19. The molecule has 0 aliphatic carbocycles. The zero-order valence-corrected chi connectivity index (χ0v) is 17.9. The Morgan fingerprint density at radius 1 is 0.935 bits per heavy atom. The number of imidazole rings is 1. The molecule has 0 unspecified atom stereocenters. The summed E-state index contributed by atoms with van der Waals surface area (Å²) in [5.74, 6) is 0.0287. The predicted molar refractivity (Wildman–Crippen MR) is 122 cm³/mol. The number of carbonyl (C=O) groups is 1. The SMILES string of the molecule is O=C(c1cncn1-c1ccccc1)N1CCN(Cc2csc(-c3ccccc3)n2)CC1. The Morgan fingerprint density at radius 3 is 2.39 bits per heavy atom. The van der Waals surface area contributed by atoms with Crippen LogP contribution in [0.25, 0.3) is 16.3 Å². The van der Waals surface area contributed by atoms with Crippen LogP contribution < -0.4 is 0 Å². The van der Waals surface area contributed by atoms with Crippen LogP contribution in [0.5, 0.6) is 0 Å². The summed E-state index contributed by atoms with van der Waals surface area (Å²) >= 11 is 1.68. The van der Waals surface area contributed by atoms with E-state index < -0.39 is 0 Å². The molecule has 2 aromatic carbocycles. The van der Waals surface area contributed by atoms with Crippen molar-refractivity contribution in [1.82, 2.24) is 24.3 Å². The first-order valence-electron chi connectivity index (χ1n) is 10.4. The molecule has 3 heterocycles. The van der Waals surface area contributed by atoms with Crippen molar-refractivity contribution in [3.8, 4) is 16.3 Å². The topological polar surface area (TPSA) is 54.3 Å². The number of thiazole rings is 1. The Balaban J connectivity index is 1.20. The van der Waals surface area contributed by atoms with E-state index in [1.165, 1.54) is 0 Å². The van der Waals surface area contributed by atoms with Crippen LogP contribution in [0, 0.1) is 0 Å². The lowest BCUT2D eigenvalue weighted by atomic mass is 10.2. The first-order valence-corrected chi connectivity index (χ1v) is 11.2. The summed E-state index contributed by atoms with van der Waals surface area (Å²) in [5.41, 5.74) is 3.79. The molecule has 6 nitrogen and oxygen atoms in total. The van der Waals surface area contributed by atoms with Gasteiger partial charge in [-0.05, 0) is 12.1 Å². The van der Waals surface area contributed by atoms with Gasteiger partial charge in [-0.25, -0.2) is 9.97 Å². The molecule has 4 aromatic rings. The first-order chi connectivity index (χ1) is 15.3. The molecule has 2 aromatic heterocycles.